The first-order valence-electron chi connectivity index (χ1n) is 4.84. The predicted octanol–water partition coefficient (Wildman–Crippen LogP) is 2.07. The largest absolute Gasteiger partial charge is 0.501 e. The van der Waals surface area contributed by atoms with E-state index >= 15 is 0 Å². The molecule has 0 fully saturated rings. The second kappa shape index (κ2) is 3.91. The molecule has 0 saturated heterocycles. The van der Waals surface area contributed by atoms with Crippen LogP contribution in [0.25, 0.3) is 10.9 Å². The molecule has 0 aliphatic rings. The molecule has 1 N–H and O–H groups in total. The highest BCUT2D eigenvalue weighted by molar-refractivity contribution is 5.95. The highest BCUT2D eigenvalue weighted by atomic mass is 16.6. The predicted molar refractivity (Wildman–Crippen MR) is 61.5 cm³/mol. The molecule has 0 saturated carbocycles. The molecule has 0 radical (unpaired) electrons. The summed E-state index contributed by atoms with van der Waals surface area (Å²) >= 11 is 0. The second-order valence-corrected chi connectivity index (χ2v) is 3.63. The summed E-state index contributed by atoms with van der Waals surface area (Å²) in [6.07, 6.45) is 0. The fraction of sp³-hybridized carbons (Fsp3) is 0.100. The Hall–Kier alpha value is -2.77. The zero-order valence-corrected chi connectivity index (χ0v) is 9.15. The zero-order chi connectivity index (χ0) is 13.4. The van der Waals surface area contributed by atoms with Gasteiger partial charge in [-0.05, 0) is 19.1 Å². The summed E-state index contributed by atoms with van der Waals surface area (Å²) in [6, 6.07) is 3.66. The number of phenols is 1. The number of fused-ring (bicyclic) bond motifs is 1. The Labute approximate surface area is 99.8 Å². The van der Waals surface area contributed by atoms with Crippen LogP contribution in [-0.2, 0) is 0 Å². The normalized spacial score (nSPS) is 10.5. The van der Waals surface area contributed by atoms with Crippen LogP contribution in [0.5, 0.6) is 5.75 Å². The summed E-state index contributed by atoms with van der Waals surface area (Å²) in [5, 5.41) is 31.4. The summed E-state index contributed by atoms with van der Waals surface area (Å²) in [5.74, 6) is -0.663. The molecular weight excluding hydrogens is 242 g/mol. The van der Waals surface area contributed by atoms with Crippen molar-refractivity contribution >= 4 is 22.3 Å². The second-order valence-electron chi connectivity index (χ2n) is 3.63. The number of hydrogen-bond donors (Lipinski definition) is 1. The van der Waals surface area contributed by atoms with E-state index in [1.54, 1.807) is 6.92 Å². The number of nitro benzene ring substituents is 2. The van der Waals surface area contributed by atoms with Crippen molar-refractivity contribution in [2.24, 2.45) is 0 Å². The fourth-order valence-corrected chi connectivity index (χ4v) is 1.63. The van der Waals surface area contributed by atoms with E-state index < -0.39 is 27.0 Å². The summed E-state index contributed by atoms with van der Waals surface area (Å²) < 4.78 is 0. The molecule has 0 bridgehead atoms. The number of pyridine rings is 1. The van der Waals surface area contributed by atoms with Crippen molar-refractivity contribution in [3.63, 3.8) is 0 Å². The maximum Gasteiger partial charge on any atom is 0.319 e. The van der Waals surface area contributed by atoms with E-state index in [-0.39, 0.29) is 10.9 Å². The summed E-state index contributed by atoms with van der Waals surface area (Å²) in [6.45, 7) is 1.61. The number of hydrogen-bond acceptors (Lipinski definition) is 6. The van der Waals surface area contributed by atoms with Crippen LogP contribution in [0.15, 0.2) is 18.2 Å². The van der Waals surface area contributed by atoms with Crippen molar-refractivity contribution in [1.82, 2.24) is 4.98 Å². The maximum atomic E-state index is 10.9. The van der Waals surface area contributed by atoms with Crippen LogP contribution < -0.4 is 0 Å². The molecule has 0 unspecified atom stereocenters. The first-order valence-corrected chi connectivity index (χ1v) is 4.84. The van der Waals surface area contributed by atoms with Crippen LogP contribution in [-0.4, -0.2) is 19.9 Å². The number of nitrogens with zero attached hydrogens (tertiary/aromatic N) is 3. The van der Waals surface area contributed by atoms with Gasteiger partial charge in [0, 0.05) is 5.69 Å². The summed E-state index contributed by atoms with van der Waals surface area (Å²) in [5.41, 5.74) is -0.835. The highest BCUT2D eigenvalue weighted by Gasteiger charge is 2.26. The smallest absolute Gasteiger partial charge is 0.319 e. The monoisotopic (exact) mass is 249 g/mol. The Morgan fingerprint density at radius 2 is 1.78 bits per heavy atom. The highest BCUT2D eigenvalue weighted by Crippen LogP contribution is 2.38. The van der Waals surface area contributed by atoms with E-state index in [0.29, 0.717) is 5.69 Å². The minimum absolute atomic E-state index is 0.0636. The molecule has 2 rings (SSSR count). The van der Waals surface area contributed by atoms with Crippen molar-refractivity contribution in [2.75, 3.05) is 0 Å². The van der Waals surface area contributed by atoms with Gasteiger partial charge in [-0.1, -0.05) is 0 Å². The van der Waals surface area contributed by atoms with Gasteiger partial charge in [-0.3, -0.25) is 20.2 Å². The first kappa shape index (κ1) is 11.7. The van der Waals surface area contributed by atoms with Gasteiger partial charge in [-0.25, -0.2) is 4.98 Å². The number of benzene rings is 1. The van der Waals surface area contributed by atoms with Crippen LogP contribution >= 0.6 is 0 Å². The van der Waals surface area contributed by atoms with Crippen LogP contribution in [0, 0.1) is 27.2 Å². The molecule has 1 heterocycles. The van der Waals surface area contributed by atoms with Crippen LogP contribution in [0.2, 0.25) is 0 Å². The van der Waals surface area contributed by atoms with Crippen molar-refractivity contribution < 1.29 is 15.0 Å². The van der Waals surface area contributed by atoms with Gasteiger partial charge >= 0.3 is 5.69 Å². The summed E-state index contributed by atoms with van der Waals surface area (Å²) in [4.78, 5) is 23.9. The van der Waals surface area contributed by atoms with E-state index in [1.807, 2.05) is 0 Å². The van der Waals surface area contributed by atoms with Gasteiger partial charge in [0.2, 0.25) is 5.75 Å². The van der Waals surface area contributed by atoms with Crippen molar-refractivity contribution in [2.45, 2.75) is 6.92 Å². The Morgan fingerprint density at radius 3 is 2.33 bits per heavy atom. The standard InChI is InChI=1S/C10H7N3O5/c1-5-2-3-6-7(12(15)16)4-8(13(17)18)10(14)9(6)11-5/h2-4,14H,1H3. The molecule has 8 heteroatoms. The molecule has 18 heavy (non-hydrogen) atoms. The Balaban J connectivity index is 2.97. The van der Waals surface area contributed by atoms with E-state index in [4.69, 9.17) is 0 Å². The van der Waals surface area contributed by atoms with Gasteiger partial charge in [-0.15, -0.1) is 0 Å². The lowest BCUT2D eigenvalue weighted by molar-refractivity contribution is -0.393. The molecule has 0 atom stereocenters. The van der Waals surface area contributed by atoms with Gasteiger partial charge in [-0.2, -0.15) is 0 Å². The molecule has 92 valence electrons. The van der Waals surface area contributed by atoms with E-state index in [2.05, 4.69) is 4.98 Å². The lowest BCUT2D eigenvalue weighted by atomic mass is 10.1. The van der Waals surface area contributed by atoms with Gasteiger partial charge < -0.3 is 5.11 Å². The molecular formula is C10H7N3O5. The minimum Gasteiger partial charge on any atom is -0.501 e. The lowest BCUT2D eigenvalue weighted by Crippen LogP contribution is -1.96. The van der Waals surface area contributed by atoms with Crippen molar-refractivity contribution in [3.05, 3.63) is 44.1 Å². The third kappa shape index (κ3) is 1.69. The average Bonchev–Trinajstić information content (AvgIpc) is 2.29. The third-order valence-electron chi connectivity index (χ3n) is 2.44. The van der Waals surface area contributed by atoms with E-state index in [0.717, 1.165) is 6.07 Å². The van der Waals surface area contributed by atoms with E-state index in [1.165, 1.54) is 12.1 Å². The minimum atomic E-state index is -0.883. The third-order valence-corrected chi connectivity index (χ3v) is 2.44. The number of nitro groups is 2. The molecule has 2 aromatic rings. The van der Waals surface area contributed by atoms with Crippen molar-refractivity contribution in [1.29, 1.82) is 0 Å². The topological polar surface area (TPSA) is 119 Å². The Morgan fingerprint density at radius 1 is 1.17 bits per heavy atom. The van der Waals surface area contributed by atoms with Crippen molar-refractivity contribution in [3.8, 4) is 5.75 Å². The number of aryl methyl sites for hydroxylation is 1. The average molecular weight is 249 g/mol. The number of aromatic hydroxyl groups is 1. The maximum absolute atomic E-state index is 10.9. The molecule has 1 aromatic heterocycles. The molecule has 1 aromatic carbocycles. The number of phenolic OH excluding ortho intramolecular Hbond substituents is 1. The molecule has 0 spiro atoms. The molecule has 0 aliphatic heterocycles. The number of aromatic nitrogens is 1. The zero-order valence-electron chi connectivity index (χ0n) is 9.15. The number of rotatable bonds is 2. The quantitative estimate of drug-likeness (QED) is 0.642. The number of non-ortho nitro benzene ring substituents is 1. The first-order chi connectivity index (χ1) is 8.41. The van der Waals surface area contributed by atoms with E-state index in [9.17, 15) is 25.3 Å². The van der Waals surface area contributed by atoms with Crippen LogP contribution in [0.1, 0.15) is 5.69 Å². The summed E-state index contributed by atoms with van der Waals surface area (Å²) in [7, 11) is 0. The SMILES string of the molecule is Cc1ccc2c([N+](=O)[O-])cc([N+](=O)[O-])c(O)c2n1. The van der Waals surface area contributed by atoms with Crippen LogP contribution in [0.3, 0.4) is 0 Å². The molecule has 0 amide bonds. The van der Waals surface area contributed by atoms with Gasteiger partial charge in [0.05, 0.1) is 21.3 Å². The molecule has 8 nitrogen and oxygen atoms in total. The van der Waals surface area contributed by atoms with Crippen LogP contribution in [0.4, 0.5) is 11.4 Å². The van der Waals surface area contributed by atoms with Gasteiger partial charge in [0.15, 0.2) is 0 Å². The van der Waals surface area contributed by atoms with Gasteiger partial charge in [0.25, 0.3) is 5.69 Å². The lowest BCUT2D eigenvalue weighted by Gasteiger charge is -2.03. The van der Waals surface area contributed by atoms with Gasteiger partial charge in [0.1, 0.15) is 5.52 Å². The Kier molecular flexibility index (Phi) is 2.55. The molecule has 0 aliphatic carbocycles. The fourth-order valence-electron chi connectivity index (χ4n) is 1.63. The Bertz CT molecular complexity index is 683.